The number of carbonyl (C=O) groups excluding carboxylic acids is 3. The number of nitrogens with one attached hydrogen (secondary N) is 2. The number of methoxy groups -OCH3 is 1. The number of hydrogen-bond acceptors (Lipinski definition) is 9. The topological polar surface area (TPSA) is 182 Å². The third-order valence-electron chi connectivity index (χ3n) is 8.88. The summed E-state index contributed by atoms with van der Waals surface area (Å²) in [6.07, 6.45) is 2.17. The molecule has 6 rings (SSSR count). The first-order valence-electron chi connectivity index (χ1n) is 16.5. The number of imidazole rings is 2. The minimum atomic E-state index is -4.81. The predicted octanol–water partition coefficient (Wildman–Crippen LogP) is 3.03. The minimum absolute atomic E-state index is 0.00376. The van der Waals surface area contributed by atoms with Crippen molar-refractivity contribution < 1.29 is 42.2 Å². The number of benzene rings is 1. The van der Waals surface area contributed by atoms with Crippen molar-refractivity contribution in [2.24, 2.45) is 13.0 Å². The summed E-state index contributed by atoms with van der Waals surface area (Å²) in [6, 6.07) is 4.43. The Morgan fingerprint density at radius 3 is 2.42 bits per heavy atom. The minimum Gasteiger partial charge on any atom is -0.483 e. The van der Waals surface area contributed by atoms with E-state index in [0.717, 1.165) is 36.8 Å². The van der Waals surface area contributed by atoms with Crippen molar-refractivity contribution in [2.75, 3.05) is 58.3 Å². The molecule has 284 valence electrons. The highest BCUT2D eigenvalue weighted by Crippen LogP contribution is 2.37. The fourth-order valence-electron chi connectivity index (χ4n) is 6.13. The number of nitrogens with zero attached hydrogens (tertiary/aromatic N) is 8. The van der Waals surface area contributed by atoms with Crippen LogP contribution in [0.1, 0.15) is 39.5 Å². The van der Waals surface area contributed by atoms with E-state index >= 15 is 0 Å². The van der Waals surface area contributed by atoms with Crippen molar-refractivity contribution in [3.05, 3.63) is 65.2 Å². The Bertz CT molecular complexity index is 1930. The summed E-state index contributed by atoms with van der Waals surface area (Å²) >= 11 is 6.49. The van der Waals surface area contributed by atoms with E-state index in [9.17, 15) is 27.6 Å². The molecule has 16 nitrogen and oxygen atoms in total. The summed E-state index contributed by atoms with van der Waals surface area (Å²) in [5.41, 5.74) is -0.959. The lowest BCUT2D eigenvalue weighted by atomic mass is 9.96. The summed E-state index contributed by atoms with van der Waals surface area (Å²) in [5.74, 6) is -0.855. The van der Waals surface area contributed by atoms with Gasteiger partial charge >= 0.3 is 6.18 Å². The van der Waals surface area contributed by atoms with Gasteiger partial charge in [0.2, 0.25) is 5.91 Å². The molecule has 0 unspecified atom stereocenters. The normalized spacial score (nSPS) is 15.1. The molecule has 0 radical (unpaired) electrons. The molecule has 0 bridgehead atoms. The molecule has 2 saturated heterocycles. The van der Waals surface area contributed by atoms with Gasteiger partial charge in [0.25, 0.3) is 18.3 Å². The molecular formula is C33H38ClF3N10O6. The maximum atomic E-state index is 14.1. The van der Waals surface area contributed by atoms with E-state index in [-0.39, 0.29) is 63.4 Å². The van der Waals surface area contributed by atoms with Crippen LogP contribution in [0.3, 0.4) is 0 Å². The number of halogens is 4. The maximum Gasteiger partial charge on any atom is 0.435 e. The molecule has 0 aliphatic carbocycles. The van der Waals surface area contributed by atoms with Crippen LogP contribution >= 0.6 is 11.6 Å². The van der Waals surface area contributed by atoms with Gasteiger partial charge in [0.15, 0.2) is 17.3 Å². The van der Waals surface area contributed by atoms with Gasteiger partial charge in [-0.1, -0.05) is 11.6 Å². The first-order chi connectivity index (χ1) is 25.4. The van der Waals surface area contributed by atoms with Crippen LogP contribution in [0, 0.1) is 5.92 Å². The number of hydrogen-bond donors (Lipinski definition) is 3. The van der Waals surface area contributed by atoms with E-state index < -0.39 is 17.8 Å². The number of carboxylic acid groups (broad SMARTS) is 1. The van der Waals surface area contributed by atoms with Gasteiger partial charge in [0.1, 0.15) is 0 Å². The molecule has 0 atom stereocenters. The van der Waals surface area contributed by atoms with Gasteiger partial charge in [0.05, 0.1) is 41.0 Å². The predicted molar refractivity (Wildman–Crippen MR) is 185 cm³/mol. The van der Waals surface area contributed by atoms with E-state index in [0.29, 0.717) is 39.3 Å². The van der Waals surface area contributed by atoms with Crippen LogP contribution in [0.25, 0.3) is 17.1 Å². The Morgan fingerprint density at radius 1 is 1.09 bits per heavy atom. The van der Waals surface area contributed by atoms with E-state index in [2.05, 4.69) is 25.7 Å². The number of amides is 3. The molecule has 3 aromatic heterocycles. The highest BCUT2D eigenvalue weighted by molar-refractivity contribution is 6.34. The van der Waals surface area contributed by atoms with E-state index in [1.165, 1.54) is 49.4 Å². The van der Waals surface area contributed by atoms with Crippen molar-refractivity contribution in [3.63, 3.8) is 0 Å². The highest BCUT2D eigenvalue weighted by Gasteiger charge is 2.39. The van der Waals surface area contributed by atoms with Crippen LogP contribution in [-0.2, 0) is 34.1 Å². The van der Waals surface area contributed by atoms with Crippen molar-refractivity contribution in [1.29, 1.82) is 0 Å². The van der Waals surface area contributed by atoms with Crippen molar-refractivity contribution >= 4 is 41.5 Å². The monoisotopic (exact) mass is 762 g/mol. The van der Waals surface area contributed by atoms with Crippen LogP contribution in [0.15, 0.2) is 43.1 Å². The summed E-state index contributed by atoms with van der Waals surface area (Å²) in [4.78, 5) is 59.5. The first-order valence-corrected chi connectivity index (χ1v) is 16.9. The zero-order valence-corrected chi connectivity index (χ0v) is 29.6. The number of piperidine rings is 1. The lowest BCUT2D eigenvalue weighted by Crippen LogP contribution is -2.52. The number of carbonyl (C=O) groups is 4. The Morgan fingerprint density at radius 2 is 1.77 bits per heavy atom. The molecule has 4 aromatic rings. The number of piperazine rings is 1. The van der Waals surface area contributed by atoms with Crippen molar-refractivity contribution in [3.8, 4) is 17.1 Å². The van der Waals surface area contributed by atoms with Crippen LogP contribution in [0.4, 0.5) is 18.9 Å². The van der Waals surface area contributed by atoms with Gasteiger partial charge in [-0.15, -0.1) is 0 Å². The van der Waals surface area contributed by atoms with Gasteiger partial charge in [0, 0.05) is 70.9 Å². The second kappa shape index (κ2) is 17.0. The van der Waals surface area contributed by atoms with Gasteiger partial charge in [-0.2, -0.15) is 18.3 Å². The summed E-state index contributed by atoms with van der Waals surface area (Å²) < 4.78 is 51.3. The average Bonchev–Trinajstić information content (AvgIpc) is 3.89. The molecule has 0 spiro atoms. The van der Waals surface area contributed by atoms with Crippen LogP contribution in [0.5, 0.6) is 0 Å². The van der Waals surface area contributed by atoms with E-state index in [1.807, 2.05) is 4.90 Å². The third-order valence-corrected chi connectivity index (χ3v) is 9.19. The Labute approximate surface area is 306 Å². The average molecular weight is 763 g/mol. The first kappa shape index (κ1) is 38.9. The SMILES string of the molecule is COCCn1cnc(-n2cc(-c3cnc(C(=O)Nc4ccc(C(=O)N5CCN(C(=O)C6CCNCC6)CC5)c(Cl)c4)n3C)c(C(F)(F)F)n2)c1.O=CO. The smallest absolute Gasteiger partial charge is 0.435 e. The van der Waals surface area contributed by atoms with E-state index in [1.54, 1.807) is 15.7 Å². The molecule has 0 saturated carbocycles. The number of anilines is 1. The molecular weight excluding hydrogens is 725 g/mol. The number of alkyl halides is 3. The molecule has 20 heteroatoms. The second-order valence-electron chi connectivity index (χ2n) is 12.2. The highest BCUT2D eigenvalue weighted by atomic mass is 35.5. The third kappa shape index (κ3) is 9.03. The number of aromatic nitrogens is 6. The summed E-state index contributed by atoms with van der Waals surface area (Å²) in [7, 11) is 2.96. The number of ether oxygens (including phenoxy) is 1. The molecule has 3 amide bonds. The molecule has 2 aliphatic rings. The summed E-state index contributed by atoms with van der Waals surface area (Å²) in [6.45, 7) is 3.87. The zero-order valence-electron chi connectivity index (χ0n) is 28.8. The van der Waals surface area contributed by atoms with Gasteiger partial charge < -0.3 is 39.4 Å². The van der Waals surface area contributed by atoms with Gasteiger partial charge in [-0.25, -0.2) is 14.6 Å². The van der Waals surface area contributed by atoms with Crippen molar-refractivity contribution in [1.82, 2.24) is 44.0 Å². The van der Waals surface area contributed by atoms with Crippen molar-refractivity contribution in [2.45, 2.75) is 25.6 Å². The quantitative estimate of drug-likeness (QED) is 0.215. The molecule has 3 N–H and O–H groups in total. The molecule has 53 heavy (non-hydrogen) atoms. The lowest BCUT2D eigenvalue weighted by molar-refractivity contribution is -0.141. The maximum absolute atomic E-state index is 14.1. The van der Waals surface area contributed by atoms with Gasteiger partial charge in [-0.05, 0) is 44.1 Å². The molecule has 5 heterocycles. The fourth-order valence-corrected chi connectivity index (χ4v) is 6.39. The zero-order chi connectivity index (χ0) is 38.3. The fraction of sp³-hybridized carbons (Fsp3) is 0.424. The number of rotatable bonds is 9. The van der Waals surface area contributed by atoms with Gasteiger partial charge in [-0.3, -0.25) is 19.2 Å². The largest absolute Gasteiger partial charge is 0.483 e. The van der Waals surface area contributed by atoms with Crippen LogP contribution < -0.4 is 10.6 Å². The summed E-state index contributed by atoms with van der Waals surface area (Å²) in [5, 5.41) is 16.7. The molecule has 1 aromatic carbocycles. The van der Waals surface area contributed by atoms with Crippen LogP contribution in [-0.4, -0.2) is 121 Å². The lowest BCUT2D eigenvalue weighted by Gasteiger charge is -2.37. The Hall–Kier alpha value is -5.27. The molecule has 2 aliphatic heterocycles. The Balaban J connectivity index is 0.00000175. The Kier molecular flexibility index (Phi) is 12.5. The standard InChI is InChI=1S/C32H36ClF3N10O4.CH2O2/c1-42-25(23-17-46(41-27(23)32(34,35)36)26-18-43(19-39-26)13-14-50-2)16-38-28(42)29(47)40-21-3-4-22(24(33)15-21)31(49)45-11-9-44(10-12-45)30(48)20-5-7-37-8-6-20;2-1-3/h3-4,15-20,37H,5-14H2,1-2H3,(H,40,47);1H,(H,2,3). The second-order valence-corrected chi connectivity index (χ2v) is 12.6. The van der Waals surface area contributed by atoms with E-state index in [4.69, 9.17) is 26.2 Å². The van der Waals surface area contributed by atoms with Crippen LogP contribution in [0.2, 0.25) is 5.02 Å². The molecule has 2 fully saturated rings.